The van der Waals surface area contributed by atoms with E-state index in [9.17, 15) is 4.39 Å². The second-order valence-corrected chi connectivity index (χ2v) is 8.02. The normalized spacial score (nSPS) is 11.9. The van der Waals surface area contributed by atoms with Crippen molar-refractivity contribution in [2.45, 2.75) is 25.3 Å². The third kappa shape index (κ3) is 5.44. The number of aryl methyl sites for hydroxylation is 1. The highest BCUT2D eigenvalue weighted by Gasteiger charge is 2.10. The Labute approximate surface area is 163 Å². The average Bonchev–Trinajstić information content (AvgIpc) is 2.70. The Morgan fingerprint density at radius 2 is 1.67 bits per heavy atom. The molecule has 27 heavy (non-hydrogen) atoms. The first-order valence-electron chi connectivity index (χ1n) is 9.40. The largest absolute Gasteiger partial charge is 0.494 e. The van der Waals surface area contributed by atoms with E-state index in [1.807, 2.05) is 61.5 Å². The van der Waals surface area contributed by atoms with E-state index >= 15 is 0 Å². The van der Waals surface area contributed by atoms with Crippen LogP contribution in [0.1, 0.15) is 30.0 Å². The predicted molar refractivity (Wildman–Crippen MR) is 112 cm³/mol. The van der Waals surface area contributed by atoms with Gasteiger partial charge in [-0.05, 0) is 72.8 Å². The van der Waals surface area contributed by atoms with Crippen LogP contribution in [-0.4, -0.2) is 16.8 Å². The van der Waals surface area contributed by atoms with E-state index in [1.54, 1.807) is 0 Å². The van der Waals surface area contributed by atoms with Gasteiger partial charge in [0.1, 0.15) is 11.5 Å². The quantitative estimate of drug-likeness (QED) is 0.509. The fourth-order valence-corrected chi connectivity index (χ4v) is 3.68. The summed E-state index contributed by atoms with van der Waals surface area (Å²) in [6.07, 6.45) is 1.93. The highest BCUT2D eigenvalue weighted by atomic mass is 28.1. The summed E-state index contributed by atoms with van der Waals surface area (Å²) in [7, 11) is 1.07. The van der Waals surface area contributed by atoms with Gasteiger partial charge in [-0.15, -0.1) is 0 Å². The fourth-order valence-electron chi connectivity index (χ4n) is 3.01. The zero-order chi connectivity index (χ0) is 19.1. The molecule has 0 aliphatic heterocycles. The van der Waals surface area contributed by atoms with Crippen LogP contribution in [0.2, 0.25) is 0 Å². The van der Waals surface area contributed by atoms with Crippen LogP contribution in [0, 0.1) is 5.82 Å². The van der Waals surface area contributed by atoms with Gasteiger partial charge in [-0.3, -0.25) is 0 Å². The topological polar surface area (TPSA) is 18.5 Å². The molecule has 1 atom stereocenters. The van der Waals surface area contributed by atoms with Crippen molar-refractivity contribution in [1.82, 2.24) is 0 Å². The summed E-state index contributed by atoms with van der Waals surface area (Å²) in [5.41, 5.74) is 2.98. The SMILES string of the molecule is CCOc1ccc(C([SiH3])CCc2ccc(F)c(Oc3ccccc3)c2)cc1. The Morgan fingerprint density at radius 3 is 2.37 bits per heavy atom. The average molecular weight is 381 g/mol. The number of benzene rings is 3. The summed E-state index contributed by atoms with van der Waals surface area (Å²) in [5.74, 6) is 1.50. The van der Waals surface area contributed by atoms with Crippen LogP contribution in [0.4, 0.5) is 4.39 Å². The summed E-state index contributed by atoms with van der Waals surface area (Å²) < 4.78 is 25.3. The molecule has 0 bridgehead atoms. The Balaban J connectivity index is 1.62. The Morgan fingerprint density at radius 1 is 0.926 bits per heavy atom. The molecular weight excluding hydrogens is 355 g/mol. The fraction of sp³-hybridized carbons (Fsp3) is 0.217. The van der Waals surface area contributed by atoms with Gasteiger partial charge >= 0.3 is 0 Å². The molecule has 0 aromatic heterocycles. The molecule has 0 fully saturated rings. The molecule has 0 spiro atoms. The molecule has 1 unspecified atom stereocenters. The van der Waals surface area contributed by atoms with Crippen molar-refractivity contribution in [3.05, 3.63) is 89.7 Å². The van der Waals surface area contributed by atoms with Gasteiger partial charge < -0.3 is 9.47 Å². The molecule has 0 saturated carbocycles. The maximum Gasteiger partial charge on any atom is 0.165 e. The van der Waals surface area contributed by atoms with Crippen LogP contribution in [0.5, 0.6) is 17.2 Å². The molecule has 0 N–H and O–H groups in total. The third-order valence-corrected chi connectivity index (χ3v) is 5.84. The molecule has 2 nitrogen and oxygen atoms in total. The van der Waals surface area contributed by atoms with Crippen LogP contribution in [-0.2, 0) is 6.42 Å². The Hall–Kier alpha value is -2.59. The number of para-hydroxylation sites is 1. The second kappa shape index (κ2) is 9.37. The van der Waals surface area contributed by atoms with Crippen LogP contribution < -0.4 is 9.47 Å². The van der Waals surface area contributed by atoms with Crippen LogP contribution in [0.3, 0.4) is 0 Å². The maximum atomic E-state index is 14.1. The highest BCUT2D eigenvalue weighted by molar-refractivity contribution is 6.12. The zero-order valence-electron chi connectivity index (χ0n) is 15.8. The van der Waals surface area contributed by atoms with Gasteiger partial charge in [0.25, 0.3) is 0 Å². The van der Waals surface area contributed by atoms with E-state index in [1.165, 1.54) is 11.6 Å². The van der Waals surface area contributed by atoms with Gasteiger partial charge in [0, 0.05) is 10.2 Å². The first kappa shape index (κ1) is 19.2. The standard InChI is InChI=1S/C23H25FO2Si/c1-2-25-19-12-10-18(11-13-19)23(27)15-9-17-8-14-21(24)22(16-17)26-20-6-4-3-5-7-20/h3-8,10-14,16,23H,2,9,15H2,1,27H3. The summed E-state index contributed by atoms with van der Waals surface area (Å²) in [6.45, 7) is 2.67. The van der Waals surface area contributed by atoms with Crippen LogP contribution in [0.15, 0.2) is 72.8 Å². The Bertz CT molecular complexity index is 850. The van der Waals surface area contributed by atoms with Crippen molar-refractivity contribution in [2.24, 2.45) is 0 Å². The minimum absolute atomic E-state index is 0.282. The van der Waals surface area contributed by atoms with Crippen molar-refractivity contribution < 1.29 is 13.9 Å². The third-order valence-electron chi connectivity index (χ3n) is 4.59. The summed E-state index contributed by atoms with van der Waals surface area (Å²) in [4.78, 5) is 0. The molecule has 3 aromatic carbocycles. The molecule has 0 radical (unpaired) electrons. The highest BCUT2D eigenvalue weighted by Crippen LogP contribution is 2.27. The molecule has 4 heteroatoms. The monoisotopic (exact) mass is 380 g/mol. The van der Waals surface area contributed by atoms with E-state index < -0.39 is 0 Å². The van der Waals surface area contributed by atoms with Gasteiger partial charge in [-0.1, -0.05) is 36.4 Å². The van der Waals surface area contributed by atoms with E-state index in [-0.39, 0.29) is 11.6 Å². The molecule has 140 valence electrons. The number of halogens is 1. The van der Waals surface area contributed by atoms with Gasteiger partial charge in [0.15, 0.2) is 11.6 Å². The van der Waals surface area contributed by atoms with Crippen molar-refractivity contribution >= 4 is 10.2 Å². The number of hydrogen-bond donors (Lipinski definition) is 0. The maximum absolute atomic E-state index is 14.1. The molecule has 0 amide bonds. The molecule has 3 rings (SSSR count). The molecular formula is C23H25FO2Si. The molecule has 3 aromatic rings. The summed E-state index contributed by atoms with van der Waals surface area (Å²) in [6, 6.07) is 22.8. The first-order chi connectivity index (χ1) is 13.2. The lowest BCUT2D eigenvalue weighted by atomic mass is 10.0. The Kier molecular flexibility index (Phi) is 6.66. The lowest BCUT2D eigenvalue weighted by molar-refractivity contribution is 0.340. The lowest BCUT2D eigenvalue weighted by Crippen LogP contribution is -2.01. The summed E-state index contributed by atoms with van der Waals surface area (Å²) >= 11 is 0. The predicted octanol–water partition coefficient (Wildman–Crippen LogP) is 5.06. The van der Waals surface area contributed by atoms with E-state index in [4.69, 9.17) is 9.47 Å². The van der Waals surface area contributed by atoms with Crippen molar-refractivity contribution in [3.8, 4) is 17.2 Å². The van der Waals surface area contributed by atoms with E-state index in [0.717, 1.165) is 34.4 Å². The van der Waals surface area contributed by atoms with Crippen molar-refractivity contribution in [1.29, 1.82) is 0 Å². The summed E-state index contributed by atoms with van der Waals surface area (Å²) in [5, 5.41) is 0. The van der Waals surface area contributed by atoms with Gasteiger partial charge in [0.2, 0.25) is 0 Å². The van der Waals surface area contributed by atoms with Gasteiger partial charge in [-0.25, -0.2) is 4.39 Å². The van der Waals surface area contributed by atoms with Crippen LogP contribution >= 0.6 is 0 Å². The molecule has 0 aliphatic rings. The van der Waals surface area contributed by atoms with Crippen molar-refractivity contribution in [3.63, 3.8) is 0 Å². The van der Waals surface area contributed by atoms with Crippen LogP contribution in [0.25, 0.3) is 0 Å². The second-order valence-electron chi connectivity index (χ2n) is 6.62. The number of hydrogen-bond acceptors (Lipinski definition) is 2. The number of rotatable bonds is 8. The lowest BCUT2D eigenvalue weighted by Gasteiger charge is -2.14. The van der Waals surface area contributed by atoms with Gasteiger partial charge in [0.05, 0.1) is 6.61 Å². The minimum Gasteiger partial charge on any atom is -0.494 e. The number of ether oxygens (including phenoxy) is 2. The smallest absolute Gasteiger partial charge is 0.165 e. The van der Waals surface area contributed by atoms with E-state index in [2.05, 4.69) is 12.1 Å². The first-order valence-corrected chi connectivity index (χ1v) is 10.5. The molecule has 0 aliphatic carbocycles. The zero-order valence-corrected chi connectivity index (χ0v) is 17.8. The van der Waals surface area contributed by atoms with Gasteiger partial charge in [-0.2, -0.15) is 0 Å². The molecule has 0 heterocycles. The molecule has 0 saturated heterocycles. The van der Waals surface area contributed by atoms with E-state index in [0.29, 0.717) is 17.9 Å². The van der Waals surface area contributed by atoms with Crippen molar-refractivity contribution in [2.75, 3.05) is 6.61 Å². The minimum atomic E-state index is -0.337.